The molecular weight excluding hydrogens is 214 g/mol. The molecule has 0 atom stereocenters. The highest BCUT2D eigenvalue weighted by Gasteiger charge is 2.29. The van der Waals surface area contributed by atoms with Gasteiger partial charge in [0.1, 0.15) is 0 Å². The Balaban J connectivity index is 1.94. The summed E-state index contributed by atoms with van der Waals surface area (Å²) in [5.74, 6) is 0. The number of hydrogen-bond donors (Lipinski definition) is 2. The molecule has 0 spiro atoms. The molecular formula is C14H21NO2. The number of rotatable bonds is 3. The molecule has 0 saturated carbocycles. The first-order chi connectivity index (χ1) is 8.09. The first-order valence-electron chi connectivity index (χ1n) is 6.20. The second-order valence-electron chi connectivity index (χ2n) is 4.99. The van der Waals surface area contributed by atoms with Crippen LogP contribution in [0.25, 0.3) is 0 Å². The number of anilines is 1. The molecule has 0 aliphatic carbocycles. The third-order valence-corrected chi connectivity index (χ3v) is 3.55. The fraction of sp³-hybridized carbons (Fsp3) is 0.571. The predicted molar refractivity (Wildman–Crippen MR) is 69.4 cm³/mol. The van der Waals surface area contributed by atoms with Gasteiger partial charge in [0.25, 0.3) is 0 Å². The molecule has 1 fully saturated rings. The number of benzene rings is 1. The van der Waals surface area contributed by atoms with Crippen molar-refractivity contribution in [2.24, 2.45) is 0 Å². The summed E-state index contributed by atoms with van der Waals surface area (Å²) in [5, 5.41) is 13.6. The van der Waals surface area contributed by atoms with Crippen LogP contribution in [0.4, 0.5) is 5.69 Å². The quantitative estimate of drug-likeness (QED) is 0.844. The largest absolute Gasteiger partial charge is 0.388 e. The van der Waals surface area contributed by atoms with Crippen LogP contribution in [0.2, 0.25) is 0 Å². The Hall–Kier alpha value is -1.06. The maximum atomic E-state index is 10.3. The smallest absolute Gasteiger partial charge is 0.0863 e. The van der Waals surface area contributed by atoms with E-state index in [4.69, 9.17) is 4.74 Å². The lowest BCUT2D eigenvalue weighted by atomic mass is 9.94. The fourth-order valence-electron chi connectivity index (χ4n) is 2.05. The predicted octanol–water partition coefficient (Wildman–Crippen LogP) is 2.26. The van der Waals surface area contributed by atoms with Gasteiger partial charge in [0, 0.05) is 38.3 Å². The van der Waals surface area contributed by atoms with Gasteiger partial charge in [-0.3, -0.25) is 0 Å². The Morgan fingerprint density at radius 1 is 1.24 bits per heavy atom. The van der Waals surface area contributed by atoms with Gasteiger partial charge in [-0.1, -0.05) is 6.07 Å². The van der Waals surface area contributed by atoms with E-state index in [0.29, 0.717) is 32.6 Å². The average Bonchev–Trinajstić information content (AvgIpc) is 2.32. The lowest BCUT2D eigenvalue weighted by Crippen LogP contribution is -2.42. The highest BCUT2D eigenvalue weighted by molar-refractivity contribution is 5.48. The van der Waals surface area contributed by atoms with E-state index in [2.05, 4.69) is 37.4 Å². The van der Waals surface area contributed by atoms with Crippen molar-refractivity contribution in [2.45, 2.75) is 32.3 Å². The molecule has 0 unspecified atom stereocenters. The lowest BCUT2D eigenvalue weighted by Gasteiger charge is -2.32. The molecule has 2 N–H and O–H groups in total. The van der Waals surface area contributed by atoms with Crippen molar-refractivity contribution < 1.29 is 9.84 Å². The minimum absolute atomic E-state index is 0.596. The van der Waals surface area contributed by atoms with Gasteiger partial charge in [-0.05, 0) is 37.1 Å². The zero-order chi connectivity index (χ0) is 12.3. The van der Waals surface area contributed by atoms with Gasteiger partial charge < -0.3 is 15.2 Å². The first-order valence-corrected chi connectivity index (χ1v) is 6.20. The standard InChI is InChI=1S/C14H21NO2/c1-11-3-4-13(9-12(11)2)15-10-14(16)5-7-17-8-6-14/h3-4,9,15-16H,5-8,10H2,1-2H3. The van der Waals surface area contributed by atoms with Crippen molar-refractivity contribution in [2.75, 3.05) is 25.1 Å². The zero-order valence-electron chi connectivity index (χ0n) is 10.6. The van der Waals surface area contributed by atoms with Crippen molar-refractivity contribution in [3.8, 4) is 0 Å². The normalized spacial score (nSPS) is 19.0. The Labute approximate surface area is 103 Å². The molecule has 94 valence electrons. The molecule has 1 aliphatic rings. The third kappa shape index (κ3) is 3.20. The number of aliphatic hydroxyl groups is 1. The summed E-state index contributed by atoms with van der Waals surface area (Å²) < 4.78 is 5.26. The number of aryl methyl sites for hydroxylation is 2. The van der Waals surface area contributed by atoms with Crippen LogP contribution in [0.15, 0.2) is 18.2 Å². The highest BCUT2D eigenvalue weighted by atomic mass is 16.5. The van der Waals surface area contributed by atoms with Gasteiger partial charge >= 0.3 is 0 Å². The van der Waals surface area contributed by atoms with Crippen molar-refractivity contribution in [1.29, 1.82) is 0 Å². The van der Waals surface area contributed by atoms with E-state index in [1.54, 1.807) is 0 Å². The van der Waals surface area contributed by atoms with Crippen LogP contribution in [-0.4, -0.2) is 30.5 Å². The molecule has 3 heteroatoms. The monoisotopic (exact) mass is 235 g/mol. The Kier molecular flexibility index (Phi) is 3.69. The first kappa shape index (κ1) is 12.4. The maximum Gasteiger partial charge on any atom is 0.0863 e. The summed E-state index contributed by atoms with van der Waals surface area (Å²) in [7, 11) is 0. The van der Waals surface area contributed by atoms with E-state index >= 15 is 0 Å². The van der Waals surface area contributed by atoms with Crippen LogP contribution in [0.3, 0.4) is 0 Å². The van der Waals surface area contributed by atoms with Crippen molar-refractivity contribution in [1.82, 2.24) is 0 Å². The molecule has 1 heterocycles. The van der Waals surface area contributed by atoms with Crippen LogP contribution in [-0.2, 0) is 4.74 Å². The summed E-state index contributed by atoms with van der Waals surface area (Å²) in [5.41, 5.74) is 3.03. The Morgan fingerprint density at radius 2 is 1.94 bits per heavy atom. The number of ether oxygens (including phenoxy) is 1. The van der Waals surface area contributed by atoms with Crippen molar-refractivity contribution in [3.63, 3.8) is 0 Å². The van der Waals surface area contributed by atoms with Gasteiger partial charge in [-0.2, -0.15) is 0 Å². The molecule has 1 aliphatic heterocycles. The van der Waals surface area contributed by atoms with Gasteiger partial charge in [-0.15, -0.1) is 0 Å². The molecule has 0 radical (unpaired) electrons. The van der Waals surface area contributed by atoms with Crippen LogP contribution in [0.5, 0.6) is 0 Å². The summed E-state index contributed by atoms with van der Waals surface area (Å²) >= 11 is 0. The Morgan fingerprint density at radius 3 is 2.59 bits per heavy atom. The van der Waals surface area contributed by atoms with E-state index in [1.165, 1.54) is 11.1 Å². The van der Waals surface area contributed by atoms with Gasteiger partial charge in [-0.25, -0.2) is 0 Å². The highest BCUT2D eigenvalue weighted by Crippen LogP contribution is 2.22. The number of nitrogens with one attached hydrogen (secondary N) is 1. The van der Waals surface area contributed by atoms with Gasteiger partial charge in [0.05, 0.1) is 5.60 Å². The van der Waals surface area contributed by atoms with Crippen LogP contribution in [0.1, 0.15) is 24.0 Å². The topological polar surface area (TPSA) is 41.5 Å². The fourth-order valence-corrected chi connectivity index (χ4v) is 2.05. The molecule has 2 rings (SSSR count). The van der Waals surface area contributed by atoms with E-state index < -0.39 is 5.60 Å². The molecule has 0 aromatic heterocycles. The van der Waals surface area contributed by atoms with E-state index in [9.17, 15) is 5.11 Å². The minimum atomic E-state index is -0.614. The summed E-state index contributed by atoms with van der Waals surface area (Å²) in [6.45, 7) is 6.11. The molecule has 1 aromatic carbocycles. The van der Waals surface area contributed by atoms with E-state index in [0.717, 1.165) is 5.69 Å². The molecule has 17 heavy (non-hydrogen) atoms. The third-order valence-electron chi connectivity index (χ3n) is 3.55. The molecule has 0 amide bonds. The van der Waals surface area contributed by atoms with Gasteiger partial charge in [0.15, 0.2) is 0 Å². The van der Waals surface area contributed by atoms with Crippen molar-refractivity contribution in [3.05, 3.63) is 29.3 Å². The second kappa shape index (κ2) is 5.07. The van der Waals surface area contributed by atoms with Crippen LogP contribution in [0, 0.1) is 13.8 Å². The molecule has 1 aromatic rings. The summed E-state index contributed by atoms with van der Waals surface area (Å²) in [6, 6.07) is 6.29. The van der Waals surface area contributed by atoms with Crippen molar-refractivity contribution >= 4 is 5.69 Å². The summed E-state index contributed by atoms with van der Waals surface area (Å²) in [6.07, 6.45) is 1.43. The van der Waals surface area contributed by atoms with Gasteiger partial charge in [0.2, 0.25) is 0 Å². The molecule has 0 bridgehead atoms. The molecule has 3 nitrogen and oxygen atoms in total. The molecule has 1 saturated heterocycles. The van der Waals surface area contributed by atoms with E-state index in [-0.39, 0.29) is 0 Å². The SMILES string of the molecule is Cc1ccc(NCC2(O)CCOCC2)cc1C. The summed E-state index contributed by atoms with van der Waals surface area (Å²) in [4.78, 5) is 0. The second-order valence-corrected chi connectivity index (χ2v) is 4.99. The van der Waals surface area contributed by atoms with Crippen LogP contribution >= 0.6 is 0 Å². The lowest BCUT2D eigenvalue weighted by molar-refractivity contribution is -0.0543. The average molecular weight is 235 g/mol. The van der Waals surface area contributed by atoms with E-state index in [1.807, 2.05) is 0 Å². The number of hydrogen-bond acceptors (Lipinski definition) is 3. The zero-order valence-corrected chi connectivity index (χ0v) is 10.6. The minimum Gasteiger partial charge on any atom is -0.388 e. The Bertz CT molecular complexity index is 384. The maximum absolute atomic E-state index is 10.3. The van der Waals surface area contributed by atoms with Crippen LogP contribution < -0.4 is 5.32 Å².